The Balaban J connectivity index is 0.000000450. The lowest BCUT2D eigenvalue weighted by Gasteiger charge is -2.26. The molecule has 0 aliphatic carbocycles. The number of carboxylic acid groups (broad SMARTS) is 2. The Morgan fingerprint density at radius 3 is 2.32 bits per heavy atom. The van der Waals surface area contributed by atoms with E-state index in [9.17, 15) is 4.79 Å². The number of benzene rings is 1. The molecule has 2 rings (SSSR count). The van der Waals surface area contributed by atoms with Crippen molar-refractivity contribution < 1.29 is 34.1 Å². The van der Waals surface area contributed by atoms with Crippen LogP contribution < -0.4 is 10.1 Å². The zero-order valence-electron chi connectivity index (χ0n) is 13.9. The molecule has 1 saturated heterocycles. The summed E-state index contributed by atoms with van der Waals surface area (Å²) in [6.07, 6.45) is 0.484. The lowest BCUT2D eigenvalue weighted by molar-refractivity contribution is -0.159. The van der Waals surface area contributed by atoms with Crippen molar-refractivity contribution in [2.75, 3.05) is 45.3 Å². The number of carbonyl (C=O) groups is 3. The van der Waals surface area contributed by atoms with Gasteiger partial charge in [-0.15, -0.1) is 0 Å². The van der Waals surface area contributed by atoms with Crippen LogP contribution in [0.4, 0.5) is 5.69 Å². The van der Waals surface area contributed by atoms with Crippen molar-refractivity contribution in [1.29, 1.82) is 0 Å². The average molecular weight is 354 g/mol. The Morgan fingerprint density at radius 1 is 1.16 bits per heavy atom. The Labute approximate surface area is 145 Å². The molecule has 0 atom stereocenters. The molecule has 0 radical (unpaired) electrons. The smallest absolute Gasteiger partial charge is 0.414 e. The minimum Gasteiger partial charge on any atom is -0.495 e. The molecule has 9 heteroatoms. The molecule has 1 aromatic rings. The third kappa shape index (κ3) is 8.13. The molecule has 1 aromatic carbocycles. The molecule has 0 bridgehead atoms. The van der Waals surface area contributed by atoms with E-state index in [4.69, 9.17) is 29.3 Å². The zero-order valence-corrected chi connectivity index (χ0v) is 13.9. The molecule has 0 unspecified atom stereocenters. The Morgan fingerprint density at radius 2 is 1.76 bits per heavy atom. The van der Waals surface area contributed by atoms with Gasteiger partial charge < -0.3 is 25.0 Å². The number of morpholine rings is 1. The third-order valence-corrected chi connectivity index (χ3v) is 3.32. The van der Waals surface area contributed by atoms with Crippen LogP contribution in [-0.4, -0.2) is 72.9 Å². The van der Waals surface area contributed by atoms with Crippen molar-refractivity contribution in [3.8, 4) is 5.75 Å². The van der Waals surface area contributed by atoms with Gasteiger partial charge >= 0.3 is 11.9 Å². The zero-order chi connectivity index (χ0) is 18.7. The highest BCUT2D eigenvalue weighted by Crippen LogP contribution is 2.23. The number of anilines is 1. The van der Waals surface area contributed by atoms with Crippen molar-refractivity contribution in [2.45, 2.75) is 6.42 Å². The van der Waals surface area contributed by atoms with Gasteiger partial charge in [-0.2, -0.15) is 0 Å². The van der Waals surface area contributed by atoms with Gasteiger partial charge in [0.05, 0.1) is 26.0 Å². The van der Waals surface area contributed by atoms with Gasteiger partial charge in [0.2, 0.25) is 5.91 Å². The minimum absolute atomic E-state index is 0.0102. The summed E-state index contributed by atoms with van der Waals surface area (Å²) in [5.74, 6) is -2.96. The number of aliphatic carboxylic acids is 2. The van der Waals surface area contributed by atoms with E-state index in [-0.39, 0.29) is 5.91 Å². The molecule has 1 aliphatic heterocycles. The summed E-state index contributed by atoms with van der Waals surface area (Å²) < 4.78 is 10.5. The fourth-order valence-corrected chi connectivity index (χ4v) is 2.05. The first kappa shape index (κ1) is 20.4. The van der Waals surface area contributed by atoms with E-state index in [1.165, 1.54) is 0 Å². The number of nitrogens with zero attached hydrogens (tertiary/aromatic N) is 1. The van der Waals surface area contributed by atoms with Gasteiger partial charge in [0.15, 0.2) is 0 Å². The van der Waals surface area contributed by atoms with Crippen LogP contribution in [0.25, 0.3) is 0 Å². The van der Waals surface area contributed by atoms with Crippen molar-refractivity contribution in [1.82, 2.24) is 4.90 Å². The molecular formula is C16H22N2O7. The van der Waals surface area contributed by atoms with Gasteiger partial charge in [-0.25, -0.2) is 9.59 Å². The van der Waals surface area contributed by atoms with Crippen LogP contribution in [0.1, 0.15) is 6.42 Å². The number of ether oxygens (including phenoxy) is 2. The quantitative estimate of drug-likeness (QED) is 0.653. The van der Waals surface area contributed by atoms with E-state index in [1.807, 2.05) is 24.3 Å². The van der Waals surface area contributed by atoms with E-state index < -0.39 is 11.9 Å². The molecule has 0 aromatic heterocycles. The number of rotatable bonds is 5. The summed E-state index contributed by atoms with van der Waals surface area (Å²) in [4.78, 5) is 32.3. The molecule has 3 N–H and O–H groups in total. The maximum absolute atomic E-state index is 11.9. The minimum atomic E-state index is -1.82. The first-order chi connectivity index (χ1) is 11.9. The monoisotopic (exact) mass is 354 g/mol. The van der Waals surface area contributed by atoms with Crippen molar-refractivity contribution in [3.63, 3.8) is 0 Å². The summed E-state index contributed by atoms with van der Waals surface area (Å²) in [6.45, 7) is 4.09. The number of amides is 1. The van der Waals surface area contributed by atoms with Crippen molar-refractivity contribution >= 4 is 23.5 Å². The molecule has 1 heterocycles. The molecule has 9 nitrogen and oxygen atoms in total. The van der Waals surface area contributed by atoms with E-state index in [0.717, 1.165) is 38.5 Å². The maximum Gasteiger partial charge on any atom is 0.414 e. The molecule has 0 saturated carbocycles. The molecule has 0 spiro atoms. The van der Waals surface area contributed by atoms with Crippen LogP contribution in [0.2, 0.25) is 0 Å². The van der Waals surface area contributed by atoms with Crippen LogP contribution in [-0.2, 0) is 19.1 Å². The number of hydrogen-bond acceptors (Lipinski definition) is 6. The van der Waals surface area contributed by atoms with Crippen LogP contribution in [0, 0.1) is 0 Å². The number of carbonyl (C=O) groups excluding carboxylic acids is 1. The molecule has 1 amide bonds. The van der Waals surface area contributed by atoms with E-state index in [2.05, 4.69) is 10.2 Å². The van der Waals surface area contributed by atoms with Gasteiger partial charge in [-0.1, -0.05) is 12.1 Å². The summed E-state index contributed by atoms with van der Waals surface area (Å²) in [5.41, 5.74) is 0.719. The second-order valence-electron chi connectivity index (χ2n) is 5.06. The standard InChI is InChI=1S/C14H20N2O3.C2H2O4/c1-18-13-5-3-2-4-12(13)15-14(17)6-7-16-8-10-19-11-9-16;3-1(4)2(5)6/h2-5H,6-11H2,1H3,(H,15,17);(H,3,4)(H,5,6). The number of carboxylic acids is 2. The first-order valence-corrected chi connectivity index (χ1v) is 7.63. The van der Waals surface area contributed by atoms with Crippen molar-refractivity contribution in [3.05, 3.63) is 24.3 Å². The van der Waals surface area contributed by atoms with Crippen LogP contribution in [0.15, 0.2) is 24.3 Å². The summed E-state index contributed by atoms with van der Waals surface area (Å²) in [7, 11) is 1.60. The summed E-state index contributed by atoms with van der Waals surface area (Å²) in [6, 6.07) is 7.42. The fourth-order valence-electron chi connectivity index (χ4n) is 2.05. The van der Waals surface area contributed by atoms with Gasteiger partial charge in [0, 0.05) is 26.1 Å². The van der Waals surface area contributed by atoms with E-state index in [0.29, 0.717) is 12.2 Å². The van der Waals surface area contributed by atoms with Crippen molar-refractivity contribution in [2.24, 2.45) is 0 Å². The number of hydrogen-bond donors (Lipinski definition) is 3. The van der Waals surface area contributed by atoms with Gasteiger partial charge in [-0.05, 0) is 12.1 Å². The molecule has 25 heavy (non-hydrogen) atoms. The lowest BCUT2D eigenvalue weighted by Crippen LogP contribution is -2.38. The molecule has 1 fully saturated rings. The fraction of sp³-hybridized carbons (Fsp3) is 0.438. The Hall–Kier alpha value is -2.65. The molecule has 138 valence electrons. The highest BCUT2D eigenvalue weighted by atomic mass is 16.5. The molecule has 1 aliphatic rings. The van der Waals surface area contributed by atoms with Crippen LogP contribution in [0.3, 0.4) is 0 Å². The Kier molecular flexibility index (Phi) is 8.97. The highest BCUT2D eigenvalue weighted by Gasteiger charge is 2.12. The van der Waals surface area contributed by atoms with Crippen LogP contribution in [0.5, 0.6) is 5.75 Å². The normalized spacial score (nSPS) is 14.0. The molecular weight excluding hydrogens is 332 g/mol. The Bertz CT molecular complexity index is 574. The highest BCUT2D eigenvalue weighted by molar-refractivity contribution is 6.27. The lowest BCUT2D eigenvalue weighted by atomic mass is 10.2. The van der Waals surface area contributed by atoms with E-state index in [1.54, 1.807) is 7.11 Å². The maximum atomic E-state index is 11.9. The number of methoxy groups -OCH3 is 1. The number of para-hydroxylation sites is 2. The predicted molar refractivity (Wildman–Crippen MR) is 88.8 cm³/mol. The van der Waals surface area contributed by atoms with Crippen LogP contribution >= 0.6 is 0 Å². The van der Waals surface area contributed by atoms with Gasteiger partial charge in [-0.3, -0.25) is 9.69 Å². The van der Waals surface area contributed by atoms with Gasteiger partial charge in [0.25, 0.3) is 0 Å². The first-order valence-electron chi connectivity index (χ1n) is 7.63. The third-order valence-electron chi connectivity index (χ3n) is 3.32. The second-order valence-corrected chi connectivity index (χ2v) is 5.06. The topological polar surface area (TPSA) is 125 Å². The second kappa shape index (κ2) is 11.0. The number of nitrogens with one attached hydrogen (secondary N) is 1. The predicted octanol–water partition coefficient (Wildman–Crippen LogP) is 0.512. The van der Waals surface area contributed by atoms with Gasteiger partial charge in [0.1, 0.15) is 5.75 Å². The SMILES string of the molecule is COc1ccccc1NC(=O)CCN1CCOCC1.O=C(O)C(=O)O. The summed E-state index contributed by atoms with van der Waals surface area (Å²) >= 11 is 0. The largest absolute Gasteiger partial charge is 0.495 e. The van der Waals surface area contributed by atoms with E-state index >= 15 is 0 Å². The summed E-state index contributed by atoms with van der Waals surface area (Å²) in [5, 5.41) is 17.7. The average Bonchev–Trinajstić information content (AvgIpc) is 2.62.